The van der Waals surface area contributed by atoms with E-state index in [-0.39, 0.29) is 11.6 Å². The summed E-state index contributed by atoms with van der Waals surface area (Å²) in [6.45, 7) is 9.04. The van der Waals surface area contributed by atoms with Crippen LogP contribution in [0.25, 0.3) is 0 Å². The number of hydrogen-bond acceptors (Lipinski definition) is 3. The number of aliphatic imine (C=N–C) groups is 1. The molecule has 0 bridgehead atoms. The smallest absolute Gasteiger partial charge is 0.435 e. The van der Waals surface area contributed by atoms with Gasteiger partial charge >= 0.3 is 6.09 Å². The monoisotopic (exact) mass is 510 g/mol. The summed E-state index contributed by atoms with van der Waals surface area (Å²) < 4.78 is 33.6. The zero-order valence-corrected chi connectivity index (χ0v) is 20.5. The lowest BCUT2D eigenvalue weighted by Gasteiger charge is -2.45. The number of halogens is 3. The molecule has 1 N–H and O–H groups in total. The Morgan fingerprint density at radius 3 is 2.42 bits per heavy atom. The average molecular weight is 511 g/mol. The highest BCUT2D eigenvalue weighted by atomic mass is 79.9. The molecule has 0 aromatic heterocycles. The van der Waals surface area contributed by atoms with Gasteiger partial charge in [0.25, 0.3) is 0 Å². The number of nitrogens with zero attached hydrogens (tertiary/aromatic N) is 1. The number of hydrogen-bond donors (Lipinski definition) is 1. The minimum absolute atomic E-state index is 0.325. The molecule has 2 aromatic carbocycles. The third kappa shape index (κ3) is 5.29. The molecule has 0 saturated carbocycles. The molecule has 8 heteroatoms. The number of nitrogens with one attached hydrogen (secondary N) is 1. The van der Waals surface area contributed by atoms with Crippen LogP contribution in [0.3, 0.4) is 0 Å². The Balaban J connectivity index is 2.07. The van der Waals surface area contributed by atoms with Gasteiger partial charge in [-0.3, -0.25) is 0 Å². The summed E-state index contributed by atoms with van der Waals surface area (Å²) in [5, 5.41) is 3.31. The van der Waals surface area contributed by atoms with Crippen LogP contribution in [0.1, 0.15) is 45.7 Å². The maximum absolute atomic E-state index is 14.7. The van der Waals surface area contributed by atoms with Crippen molar-refractivity contribution >= 4 is 39.6 Å². The maximum atomic E-state index is 14.7. The van der Waals surface area contributed by atoms with Crippen molar-refractivity contribution in [2.24, 2.45) is 4.99 Å². The molecule has 1 heterocycles. The van der Waals surface area contributed by atoms with Gasteiger partial charge in [0.05, 0.1) is 10.3 Å². The van der Waals surface area contributed by atoms with Gasteiger partial charge in [0, 0.05) is 15.8 Å². The summed E-state index contributed by atoms with van der Waals surface area (Å²) in [6.07, 6.45) is -0.747. The van der Waals surface area contributed by atoms with E-state index in [9.17, 15) is 13.6 Å². The largest absolute Gasteiger partial charge is 0.442 e. The van der Waals surface area contributed by atoms with Crippen molar-refractivity contribution in [3.8, 4) is 0 Å². The molecular weight excluding hydrogens is 486 g/mol. The first-order valence-electron chi connectivity index (χ1n) is 9.78. The number of amides is 1. The Morgan fingerprint density at radius 1 is 1.16 bits per heavy atom. The van der Waals surface area contributed by atoms with Gasteiger partial charge in [0.1, 0.15) is 23.1 Å². The molecule has 3 rings (SSSR count). The average Bonchev–Trinajstić information content (AvgIpc) is 2.66. The van der Waals surface area contributed by atoms with Crippen LogP contribution in [0.15, 0.2) is 51.9 Å². The molecule has 0 aliphatic carbocycles. The van der Waals surface area contributed by atoms with Gasteiger partial charge in [0.15, 0.2) is 0 Å². The first kappa shape index (κ1) is 23.7. The summed E-state index contributed by atoms with van der Waals surface area (Å²) >= 11 is 4.90. The Labute approximate surface area is 194 Å². The first-order chi connectivity index (χ1) is 14.3. The fourth-order valence-electron chi connectivity index (χ4n) is 3.34. The highest BCUT2D eigenvalue weighted by molar-refractivity contribution is 9.10. The molecule has 166 valence electrons. The van der Waals surface area contributed by atoms with Crippen LogP contribution in [-0.2, 0) is 15.0 Å². The normalized spacial score (nSPS) is 25.2. The van der Waals surface area contributed by atoms with Crippen molar-refractivity contribution in [1.82, 2.24) is 5.32 Å². The van der Waals surface area contributed by atoms with Crippen LogP contribution < -0.4 is 5.32 Å². The number of amidine groups is 1. The van der Waals surface area contributed by atoms with Crippen molar-refractivity contribution in [2.75, 3.05) is 5.75 Å². The van der Waals surface area contributed by atoms with E-state index in [0.29, 0.717) is 17.2 Å². The maximum Gasteiger partial charge on any atom is 0.435 e. The van der Waals surface area contributed by atoms with Crippen molar-refractivity contribution in [1.29, 1.82) is 0 Å². The Morgan fingerprint density at radius 2 is 1.81 bits per heavy atom. The molecule has 0 spiro atoms. The molecule has 1 saturated heterocycles. The Hall–Kier alpha value is -1.93. The fraction of sp³-hybridized carbons (Fsp3) is 0.391. The summed E-state index contributed by atoms with van der Waals surface area (Å²) in [6, 6.07) is 10.8. The third-order valence-corrected chi connectivity index (χ3v) is 7.23. The summed E-state index contributed by atoms with van der Waals surface area (Å²) in [4.78, 5) is 16.8. The molecule has 1 aliphatic rings. The van der Waals surface area contributed by atoms with E-state index in [2.05, 4.69) is 26.2 Å². The second kappa shape index (κ2) is 8.54. The number of thioether (sulfide) groups is 1. The molecule has 2 atom stereocenters. The minimum Gasteiger partial charge on any atom is -0.442 e. The van der Waals surface area contributed by atoms with Crippen LogP contribution in [0.4, 0.5) is 13.6 Å². The topological polar surface area (TPSA) is 50.7 Å². The van der Waals surface area contributed by atoms with Gasteiger partial charge in [-0.15, -0.1) is 11.8 Å². The quantitative estimate of drug-likeness (QED) is 0.498. The predicted octanol–water partition coefficient (Wildman–Crippen LogP) is 6.53. The molecule has 1 amide bonds. The van der Waals surface area contributed by atoms with Crippen LogP contribution in [0.2, 0.25) is 0 Å². The van der Waals surface area contributed by atoms with Crippen LogP contribution in [-0.4, -0.2) is 23.3 Å². The first-order valence-corrected chi connectivity index (χ1v) is 11.6. The number of ether oxygens (including phenoxy) is 1. The molecule has 0 unspecified atom stereocenters. The zero-order valence-electron chi connectivity index (χ0n) is 18.1. The van der Waals surface area contributed by atoms with Crippen molar-refractivity contribution < 1.29 is 18.3 Å². The molecule has 2 aromatic rings. The number of rotatable bonds is 2. The molecule has 0 radical (unpaired) electrons. The van der Waals surface area contributed by atoms with Crippen molar-refractivity contribution in [3.63, 3.8) is 0 Å². The highest BCUT2D eigenvalue weighted by Crippen LogP contribution is 2.46. The van der Waals surface area contributed by atoms with Crippen molar-refractivity contribution in [2.45, 2.75) is 50.5 Å². The summed E-state index contributed by atoms with van der Waals surface area (Å²) in [5.41, 5.74) is -0.327. The van der Waals surface area contributed by atoms with Crippen LogP contribution in [0, 0.1) is 11.6 Å². The van der Waals surface area contributed by atoms with E-state index in [1.165, 1.54) is 30.0 Å². The lowest BCUT2D eigenvalue weighted by Crippen LogP contribution is -2.57. The van der Waals surface area contributed by atoms with E-state index in [4.69, 9.17) is 4.74 Å². The molecule has 31 heavy (non-hydrogen) atoms. The van der Waals surface area contributed by atoms with Gasteiger partial charge < -0.3 is 10.1 Å². The minimum atomic E-state index is -0.834. The molecule has 1 fully saturated rings. The highest BCUT2D eigenvalue weighted by Gasteiger charge is 2.46. The lowest BCUT2D eigenvalue weighted by atomic mass is 9.90. The van der Waals surface area contributed by atoms with Crippen LogP contribution in [0.5, 0.6) is 0 Å². The Kier molecular flexibility index (Phi) is 6.54. The van der Waals surface area contributed by atoms with Gasteiger partial charge in [-0.1, -0.05) is 28.1 Å². The molecule has 1 aliphatic heterocycles. The van der Waals surface area contributed by atoms with Gasteiger partial charge in [-0.25, -0.2) is 13.6 Å². The summed E-state index contributed by atoms with van der Waals surface area (Å²) in [5.74, 6) is 0.0989. The van der Waals surface area contributed by atoms with Gasteiger partial charge in [0.2, 0.25) is 0 Å². The fourth-order valence-corrected chi connectivity index (χ4v) is 5.04. The van der Waals surface area contributed by atoms with Crippen LogP contribution >= 0.6 is 27.7 Å². The number of carbonyl (C=O) groups excluding carboxylic acids is 1. The van der Waals surface area contributed by atoms with Gasteiger partial charge in [-0.2, -0.15) is 4.99 Å². The zero-order chi connectivity index (χ0) is 23.0. The third-order valence-electron chi connectivity index (χ3n) is 5.01. The standard InChI is InChI=1S/C23H25BrF2N2O2S/c1-21(2,3)30-20(29)27-19-23(5,14-6-9-16(25)10-7-14)31-13-22(4,28-19)17-12-15(24)8-11-18(17)26/h6-12H,13H2,1-5H3,(H,27,28,29)/t22-,23-/m0/s1. The molecular formula is C23H25BrF2N2O2S. The Bertz CT molecular complexity index is 1020. The van der Waals surface area contributed by atoms with E-state index < -0.39 is 22.0 Å². The second-order valence-electron chi connectivity index (χ2n) is 8.85. The lowest BCUT2D eigenvalue weighted by molar-refractivity contribution is 0.0602. The number of benzene rings is 2. The second-order valence-corrected chi connectivity index (χ2v) is 11.2. The van der Waals surface area contributed by atoms with E-state index >= 15 is 0 Å². The van der Waals surface area contributed by atoms with E-state index in [1.54, 1.807) is 45.0 Å². The van der Waals surface area contributed by atoms with Crippen molar-refractivity contribution in [3.05, 3.63) is 69.7 Å². The predicted molar refractivity (Wildman–Crippen MR) is 124 cm³/mol. The van der Waals surface area contributed by atoms with E-state index in [0.717, 1.165) is 10.0 Å². The SMILES string of the molecule is CC(C)(C)OC(=O)/N=C1\N[C@](C)(c2cc(Br)ccc2F)CS[C@@]1(C)c1ccc(F)cc1. The molecule has 4 nitrogen and oxygen atoms in total. The van der Waals surface area contributed by atoms with Gasteiger partial charge in [-0.05, 0) is 70.5 Å². The number of carbonyl (C=O) groups is 1. The summed E-state index contributed by atoms with van der Waals surface area (Å²) in [7, 11) is 0. The van der Waals surface area contributed by atoms with E-state index in [1.807, 2.05) is 13.8 Å².